The summed E-state index contributed by atoms with van der Waals surface area (Å²) in [6.07, 6.45) is 1.45. The molecule has 0 unspecified atom stereocenters. The van der Waals surface area contributed by atoms with Crippen LogP contribution in [0.4, 0.5) is 20.3 Å². The average molecular weight is 359 g/mol. The summed E-state index contributed by atoms with van der Waals surface area (Å²) < 4.78 is 28.8. The van der Waals surface area contributed by atoms with E-state index in [0.29, 0.717) is 10.2 Å². The number of hydrogen-bond donors (Lipinski definition) is 2. The van der Waals surface area contributed by atoms with Crippen molar-refractivity contribution in [2.24, 2.45) is 0 Å². The fraction of sp³-hybridized carbons (Fsp3) is 0.0769. The number of carboxylic acid groups (broad SMARTS) is 1. The molecule has 0 aliphatic rings. The molecule has 0 aliphatic heterocycles. The van der Waals surface area contributed by atoms with Crippen LogP contribution in [0.1, 0.15) is 10.4 Å². The number of rotatable bonds is 5. The molecule has 0 amide bonds. The van der Waals surface area contributed by atoms with Gasteiger partial charge in [-0.15, -0.1) is 0 Å². The van der Waals surface area contributed by atoms with Crippen molar-refractivity contribution in [3.63, 3.8) is 0 Å². The molecule has 2 aromatic rings. The molecule has 1 heterocycles. The number of hydrogen-bond acceptors (Lipinski definition) is 4. The van der Waals surface area contributed by atoms with Gasteiger partial charge < -0.3 is 15.2 Å². The number of aromatic carboxylic acids is 1. The topological polar surface area (TPSA) is 71.5 Å². The van der Waals surface area contributed by atoms with Crippen LogP contribution in [0.5, 0.6) is 5.75 Å². The van der Waals surface area contributed by atoms with E-state index in [2.05, 4.69) is 31.0 Å². The zero-order valence-corrected chi connectivity index (χ0v) is 12.0. The lowest BCUT2D eigenvalue weighted by Gasteiger charge is -2.10. The lowest BCUT2D eigenvalue weighted by molar-refractivity contribution is -0.0498. The van der Waals surface area contributed by atoms with E-state index in [1.165, 1.54) is 36.5 Å². The zero-order chi connectivity index (χ0) is 15.4. The molecule has 0 saturated carbocycles. The first-order chi connectivity index (χ1) is 9.95. The van der Waals surface area contributed by atoms with Gasteiger partial charge in [-0.1, -0.05) is 0 Å². The summed E-state index contributed by atoms with van der Waals surface area (Å²) in [4.78, 5) is 15.1. The standard InChI is InChI=1S/C13H9BrF2N2O3/c14-7-5-10(12(19)20)11(17-6-7)18-8-1-3-9(4-2-8)21-13(15)16/h1-6,13H,(H,17,18)(H,19,20). The molecule has 0 saturated heterocycles. The lowest BCUT2D eigenvalue weighted by atomic mass is 10.2. The normalized spacial score (nSPS) is 10.5. The molecule has 2 N–H and O–H groups in total. The summed E-state index contributed by atoms with van der Waals surface area (Å²) in [5.41, 5.74) is 0.478. The number of ether oxygens (including phenoxy) is 1. The summed E-state index contributed by atoms with van der Waals surface area (Å²) in [6.45, 7) is -2.89. The van der Waals surface area contributed by atoms with E-state index in [4.69, 9.17) is 5.11 Å². The van der Waals surface area contributed by atoms with Gasteiger partial charge in [-0.3, -0.25) is 0 Å². The number of nitrogens with zero attached hydrogens (tertiary/aromatic N) is 1. The second-order valence-corrected chi connectivity index (χ2v) is 4.80. The van der Waals surface area contributed by atoms with E-state index in [1.807, 2.05) is 0 Å². The molecule has 8 heteroatoms. The first kappa shape index (κ1) is 15.2. The van der Waals surface area contributed by atoms with Gasteiger partial charge in [0.15, 0.2) is 0 Å². The van der Waals surface area contributed by atoms with Crippen molar-refractivity contribution < 1.29 is 23.4 Å². The SMILES string of the molecule is O=C(O)c1cc(Br)cnc1Nc1ccc(OC(F)F)cc1. The van der Waals surface area contributed by atoms with Gasteiger partial charge in [0, 0.05) is 16.4 Å². The quantitative estimate of drug-likeness (QED) is 0.848. The summed E-state index contributed by atoms with van der Waals surface area (Å²) in [6, 6.07) is 7.05. The maximum atomic E-state index is 12.0. The van der Waals surface area contributed by atoms with Gasteiger partial charge in [0.2, 0.25) is 0 Å². The third-order valence-corrected chi connectivity index (χ3v) is 2.86. The number of carboxylic acids is 1. The van der Waals surface area contributed by atoms with Crippen molar-refractivity contribution in [1.82, 2.24) is 4.98 Å². The maximum absolute atomic E-state index is 12.0. The molecule has 2 rings (SSSR count). The first-order valence-corrected chi connectivity index (χ1v) is 6.46. The predicted molar refractivity (Wildman–Crippen MR) is 75.3 cm³/mol. The minimum absolute atomic E-state index is 0.0118. The highest BCUT2D eigenvalue weighted by Crippen LogP contribution is 2.24. The van der Waals surface area contributed by atoms with Gasteiger partial charge in [-0.05, 0) is 46.3 Å². The van der Waals surface area contributed by atoms with Crippen molar-refractivity contribution in [1.29, 1.82) is 0 Å². The summed E-state index contributed by atoms with van der Waals surface area (Å²) >= 11 is 3.14. The number of halogens is 3. The fourth-order valence-corrected chi connectivity index (χ4v) is 1.89. The van der Waals surface area contributed by atoms with Crippen molar-refractivity contribution in [2.45, 2.75) is 6.61 Å². The fourth-order valence-electron chi connectivity index (χ4n) is 1.56. The Labute approximate surface area is 126 Å². The van der Waals surface area contributed by atoms with Crippen molar-refractivity contribution in [3.05, 3.63) is 46.6 Å². The summed E-state index contributed by atoms with van der Waals surface area (Å²) in [5.74, 6) is -0.977. The van der Waals surface area contributed by atoms with Crippen molar-refractivity contribution in [3.8, 4) is 5.75 Å². The second-order valence-electron chi connectivity index (χ2n) is 3.88. The summed E-state index contributed by atoms with van der Waals surface area (Å²) in [7, 11) is 0. The Balaban J connectivity index is 2.20. The first-order valence-electron chi connectivity index (χ1n) is 5.66. The molecule has 5 nitrogen and oxygen atoms in total. The van der Waals surface area contributed by atoms with Crippen LogP contribution in [-0.4, -0.2) is 22.7 Å². The molecular formula is C13H9BrF2N2O3. The van der Waals surface area contributed by atoms with E-state index in [0.717, 1.165) is 0 Å². The van der Waals surface area contributed by atoms with Gasteiger partial charge in [-0.25, -0.2) is 9.78 Å². The number of aromatic nitrogens is 1. The minimum Gasteiger partial charge on any atom is -0.478 e. The molecule has 0 atom stereocenters. The number of anilines is 2. The Morgan fingerprint density at radius 1 is 1.33 bits per heavy atom. The number of nitrogens with one attached hydrogen (secondary N) is 1. The molecule has 1 aromatic carbocycles. The van der Waals surface area contributed by atoms with Crippen LogP contribution >= 0.6 is 15.9 Å². The van der Waals surface area contributed by atoms with E-state index in [1.54, 1.807) is 0 Å². The van der Waals surface area contributed by atoms with E-state index >= 15 is 0 Å². The molecule has 0 radical (unpaired) electrons. The van der Waals surface area contributed by atoms with E-state index in [9.17, 15) is 13.6 Å². The third kappa shape index (κ3) is 4.12. The maximum Gasteiger partial charge on any atom is 0.387 e. The van der Waals surface area contributed by atoms with Gasteiger partial charge in [0.05, 0.1) is 0 Å². The Morgan fingerprint density at radius 3 is 2.57 bits per heavy atom. The van der Waals surface area contributed by atoms with Crippen LogP contribution in [-0.2, 0) is 0 Å². The molecule has 0 aliphatic carbocycles. The molecule has 110 valence electrons. The molecule has 1 aromatic heterocycles. The number of benzene rings is 1. The molecule has 0 bridgehead atoms. The van der Waals surface area contributed by atoms with Crippen LogP contribution in [0.25, 0.3) is 0 Å². The second kappa shape index (κ2) is 6.49. The Hall–Kier alpha value is -2.22. The van der Waals surface area contributed by atoms with Crippen LogP contribution in [0.2, 0.25) is 0 Å². The van der Waals surface area contributed by atoms with Crippen LogP contribution in [0.3, 0.4) is 0 Å². The highest BCUT2D eigenvalue weighted by atomic mass is 79.9. The number of alkyl halides is 2. The number of carbonyl (C=O) groups is 1. The third-order valence-electron chi connectivity index (χ3n) is 2.43. The molecule has 0 spiro atoms. The molecule has 21 heavy (non-hydrogen) atoms. The van der Waals surface area contributed by atoms with Gasteiger partial charge >= 0.3 is 12.6 Å². The van der Waals surface area contributed by atoms with E-state index < -0.39 is 12.6 Å². The summed E-state index contributed by atoms with van der Waals surface area (Å²) in [5, 5.41) is 11.9. The van der Waals surface area contributed by atoms with Gasteiger partial charge in [0.25, 0.3) is 0 Å². The Kier molecular flexibility index (Phi) is 4.69. The van der Waals surface area contributed by atoms with E-state index in [-0.39, 0.29) is 17.1 Å². The smallest absolute Gasteiger partial charge is 0.387 e. The minimum atomic E-state index is -2.89. The Morgan fingerprint density at radius 2 is 2.00 bits per heavy atom. The monoisotopic (exact) mass is 358 g/mol. The lowest BCUT2D eigenvalue weighted by Crippen LogP contribution is -2.05. The van der Waals surface area contributed by atoms with Crippen LogP contribution < -0.4 is 10.1 Å². The van der Waals surface area contributed by atoms with Gasteiger partial charge in [-0.2, -0.15) is 8.78 Å². The van der Waals surface area contributed by atoms with Crippen molar-refractivity contribution >= 4 is 33.4 Å². The zero-order valence-electron chi connectivity index (χ0n) is 10.4. The molecule has 0 fully saturated rings. The number of pyridine rings is 1. The highest BCUT2D eigenvalue weighted by Gasteiger charge is 2.12. The van der Waals surface area contributed by atoms with Crippen LogP contribution in [0, 0.1) is 0 Å². The molecular weight excluding hydrogens is 350 g/mol. The largest absolute Gasteiger partial charge is 0.478 e. The average Bonchev–Trinajstić information content (AvgIpc) is 2.42. The Bertz CT molecular complexity index is 650. The van der Waals surface area contributed by atoms with Gasteiger partial charge in [0.1, 0.15) is 17.1 Å². The van der Waals surface area contributed by atoms with Crippen molar-refractivity contribution in [2.75, 3.05) is 5.32 Å². The van der Waals surface area contributed by atoms with Crippen LogP contribution in [0.15, 0.2) is 41.0 Å². The highest BCUT2D eigenvalue weighted by molar-refractivity contribution is 9.10. The predicted octanol–water partition coefficient (Wildman–Crippen LogP) is 3.89.